The highest BCUT2D eigenvalue weighted by atomic mass is 19.1. The maximum absolute atomic E-state index is 13.7. The summed E-state index contributed by atoms with van der Waals surface area (Å²) in [5, 5.41) is 4.70. The van der Waals surface area contributed by atoms with Crippen LogP contribution in [0.25, 0.3) is 0 Å². The molecule has 1 heterocycles. The highest BCUT2D eigenvalue weighted by Gasteiger charge is 2.07. The van der Waals surface area contributed by atoms with Crippen LogP contribution in [0.3, 0.4) is 0 Å². The number of halogens is 1. The van der Waals surface area contributed by atoms with Crippen molar-refractivity contribution in [3.8, 4) is 11.5 Å². The maximum atomic E-state index is 13.7. The van der Waals surface area contributed by atoms with E-state index < -0.39 is 11.8 Å². The molecule has 1 aromatic heterocycles. The van der Waals surface area contributed by atoms with Crippen LogP contribution in [0.15, 0.2) is 42.7 Å². The number of carbonyl (C=O) groups is 1. The lowest BCUT2D eigenvalue weighted by Crippen LogP contribution is -2.24. The van der Waals surface area contributed by atoms with Gasteiger partial charge in [-0.3, -0.25) is 4.98 Å². The zero-order valence-electron chi connectivity index (χ0n) is 10.2. The summed E-state index contributed by atoms with van der Waals surface area (Å²) < 4.78 is 19.2. The van der Waals surface area contributed by atoms with Crippen LogP contribution >= 0.6 is 0 Å². The molecule has 2 aromatic rings. The quantitative estimate of drug-likeness (QED) is 0.893. The minimum Gasteiger partial charge on any atom is -0.457 e. The molecule has 0 radical (unpaired) electrons. The predicted octanol–water partition coefficient (Wildman–Crippen LogP) is 2.76. The predicted molar refractivity (Wildman–Crippen MR) is 68.8 cm³/mol. The van der Waals surface area contributed by atoms with E-state index in [4.69, 9.17) is 4.74 Å². The third-order valence-electron chi connectivity index (χ3n) is 2.30. The minimum atomic E-state index is -0.574. The number of hydrogen-bond acceptors (Lipinski definition) is 3. The van der Waals surface area contributed by atoms with Gasteiger partial charge in [-0.05, 0) is 24.3 Å². The van der Waals surface area contributed by atoms with Gasteiger partial charge >= 0.3 is 6.03 Å². The molecule has 2 N–H and O–H groups in total. The monoisotopic (exact) mass is 261 g/mol. The van der Waals surface area contributed by atoms with Gasteiger partial charge in [-0.25, -0.2) is 9.18 Å². The molecule has 0 unspecified atom stereocenters. The van der Waals surface area contributed by atoms with Gasteiger partial charge in [0.05, 0.1) is 5.69 Å². The summed E-state index contributed by atoms with van der Waals surface area (Å²) >= 11 is 0. The molecule has 0 aliphatic rings. The summed E-state index contributed by atoms with van der Waals surface area (Å²) in [7, 11) is 1.45. The number of benzene rings is 1. The number of urea groups is 1. The molecular weight excluding hydrogens is 249 g/mol. The zero-order valence-corrected chi connectivity index (χ0v) is 10.2. The van der Waals surface area contributed by atoms with Crippen molar-refractivity contribution in [1.29, 1.82) is 0 Å². The molecule has 0 spiro atoms. The standard InChI is InChI=1S/C13H12FN3O2/c1-15-13(18)17-12-3-2-10(8-11(12)14)19-9-4-6-16-7-5-9/h2-8H,1H3,(H2,15,17,18). The van der Waals surface area contributed by atoms with E-state index >= 15 is 0 Å². The number of amides is 2. The smallest absolute Gasteiger partial charge is 0.319 e. The molecule has 0 saturated heterocycles. The summed E-state index contributed by atoms with van der Waals surface area (Å²) in [6.07, 6.45) is 3.15. The van der Waals surface area contributed by atoms with Gasteiger partial charge in [0.2, 0.25) is 0 Å². The molecule has 98 valence electrons. The molecule has 6 heteroatoms. The second-order valence-electron chi connectivity index (χ2n) is 3.63. The van der Waals surface area contributed by atoms with Gasteiger partial charge in [0.1, 0.15) is 17.3 Å². The molecule has 0 atom stereocenters. The molecule has 1 aromatic carbocycles. The van der Waals surface area contributed by atoms with Crippen molar-refractivity contribution in [2.45, 2.75) is 0 Å². The van der Waals surface area contributed by atoms with Crippen LogP contribution in [0.4, 0.5) is 14.9 Å². The Morgan fingerprint density at radius 2 is 1.95 bits per heavy atom. The molecule has 0 aliphatic carbocycles. The number of rotatable bonds is 3. The number of nitrogens with one attached hydrogen (secondary N) is 2. The number of hydrogen-bond donors (Lipinski definition) is 2. The van der Waals surface area contributed by atoms with E-state index in [2.05, 4.69) is 15.6 Å². The van der Waals surface area contributed by atoms with Crippen LogP contribution < -0.4 is 15.4 Å². The lowest BCUT2D eigenvalue weighted by molar-refractivity contribution is 0.254. The van der Waals surface area contributed by atoms with Crippen molar-refractivity contribution in [3.05, 3.63) is 48.5 Å². The number of pyridine rings is 1. The van der Waals surface area contributed by atoms with Gasteiger partial charge in [-0.1, -0.05) is 0 Å². The van der Waals surface area contributed by atoms with Gasteiger partial charge in [0, 0.05) is 25.5 Å². The summed E-state index contributed by atoms with van der Waals surface area (Å²) in [4.78, 5) is 14.9. The second-order valence-corrected chi connectivity index (χ2v) is 3.63. The summed E-state index contributed by atoms with van der Waals surface area (Å²) in [6, 6.07) is 7.03. The van der Waals surface area contributed by atoms with Gasteiger partial charge in [-0.15, -0.1) is 0 Å². The Kier molecular flexibility index (Phi) is 3.92. The van der Waals surface area contributed by atoms with Crippen molar-refractivity contribution in [3.63, 3.8) is 0 Å². The second kappa shape index (κ2) is 5.81. The average molecular weight is 261 g/mol. The fraction of sp³-hybridized carbons (Fsp3) is 0.0769. The Labute approximate surface area is 109 Å². The molecule has 19 heavy (non-hydrogen) atoms. The van der Waals surface area contributed by atoms with Crippen molar-refractivity contribution in [2.24, 2.45) is 0 Å². The Morgan fingerprint density at radius 1 is 1.21 bits per heavy atom. The van der Waals surface area contributed by atoms with E-state index in [-0.39, 0.29) is 5.69 Å². The van der Waals surface area contributed by atoms with E-state index in [1.807, 2.05) is 0 Å². The molecule has 0 saturated carbocycles. The fourth-order valence-electron chi connectivity index (χ4n) is 1.39. The molecule has 2 amide bonds. The Balaban J connectivity index is 2.13. The third kappa shape index (κ3) is 3.41. The van der Waals surface area contributed by atoms with Gasteiger partial charge in [-0.2, -0.15) is 0 Å². The van der Waals surface area contributed by atoms with E-state index in [0.29, 0.717) is 11.5 Å². The van der Waals surface area contributed by atoms with Crippen LogP contribution in [0.1, 0.15) is 0 Å². The Hall–Kier alpha value is -2.63. The molecule has 0 fully saturated rings. The first-order valence-corrected chi connectivity index (χ1v) is 5.55. The Morgan fingerprint density at radius 3 is 2.58 bits per heavy atom. The normalized spacial score (nSPS) is 9.79. The third-order valence-corrected chi connectivity index (χ3v) is 2.30. The number of anilines is 1. The number of ether oxygens (including phenoxy) is 1. The van der Waals surface area contributed by atoms with Crippen molar-refractivity contribution >= 4 is 11.7 Å². The highest BCUT2D eigenvalue weighted by Crippen LogP contribution is 2.25. The molecule has 2 rings (SSSR count). The van der Waals surface area contributed by atoms with Gasteiger partial charge in [0.25, 0.3) is 0 Å². The van der Waals surface area contributed by atoms with Crippen LogP contribution in [0.5, 0.6) is 11.5 Å². The van der Waals surface area contributed by atoms with Crippen LogP contribution in [-0.4, -0.2) is 18.1 Å². The molecule has 5 nitrogen and oxygen atoms in total. The van der Waals surface area contributed by atoms with Crippen LogP contribution in [0.2, 0.25) is 0 Å². The van der Waals surface area contributed by atoms with Crippen molar-refractivity contribution in [1.82, 2.24) is 10.3 Å². The van der Waals surface area contributed by atoms with Crippen LogP contribution in [-0.2, 0) is 0 Å². The minimum absolute atomic E-state index is 0.0847. The largest absolute Gasteiger partial charge is 0.457 e. The first kappa shape index (κ1) is 12.8. The van der Waals surface area contributed by atoms with Gasteiger partial charge < -0.3 is 15.4 Å². The lowest BCUT2D eigenvalue weighted by Gasteiger charge is -2.08. The number of aromatic nitrogens is 1. The van der Waals surface area contributed by atoms with Crippen molar-refractivity contribution in [2.75, 3.05) is 12.4 Å². The lowest BCUT2D eigenvalue weighted by atomic mass is 10.3. The van der Waals surface area contributed by atoms with E-state index in [0.717, 1.165) is 0 Å². The highest BCUT2D eigenvalue weighted by molar-refractivity contribution is 5.89. The first-order chi connectivity index (χ1) is 9.19. The maximum Gasteiger partial charge on any atom is 0.319 e. The number of nitrogens with zero attached hydrogens (tertiary/aromatic N) is 1. The molecule has 0 bridgehead atoms. The molecular formula is C13H12FN3O2. The first-order valence-electron chi connectivity index (χ1n) is 5.55. The SMILES string of the molecule is CNC(=O)Nc1ccc(Oc2ccncc2)cc1F. The van der Waals surface area contributed by atoms with E-state index in [1.165, 1.54) is 19.2 Å². The summed E-state index contributed by atoms with van der Waals surface area (Å²) in [5.74, 6) is 0.322. The summed E-state index contributed by atoms with van der Waals surface area (Å²) in [5.41, 5.74) is 0.0847. The molecule has 0 aliphatic heterocycles. The number of carbonyl (C=O) groups excluding carboxylic acids is 1. The van der Waals surface area contributed by atoms with Gasteiger partial charge in [0.15, 0.2) is 0 Å². The van der Waals surface area contributed by atoms with Crippen molar-refractivity contribution < 1.29 is 13.9 Å². The average Bonchev–Trinajstić information content (AvgIpc) is 2.43. The fourth-order valence-corrected chi connectivity index (χ4v) is 1.39. The summed E-state index contributed by atoms with van der Waals surface area (Å²) in [6.45, 7) is 0. The topological polar surface area (TPSA) is 63.2 Å². The zero-order chi connectivity index (χ0) is 13.7. The van der Waals surface area contributed by atoms with E-state index in [1.54, 1.807) is 30.6 Å². The van der Waals surface area contributed by atoms with E-state index in [9.17, 15) is 9.18 Å². The van der Waals surface area contributed by atoms with Crippen LogP contribution in [0, 0.1) is 5.82 Å². The Bertz CT molecular complexity index is 575.